The molecule has 0 spiro atoms. The lowest BCUT2D eigenvalue weighted by Crippen LogP contribution is -3.10. The highest BCUT2D eigenvalue weighted by atomic mass is 35.5. The molecule has 1 atom stereocenters. The molecule has 0 heterocycles. The first-order valence-electron chi connectivity index (χ1n) is 16.9. The van der Waals surface area contributed by atoms with Gasteiger partial charge >= 0.3 is 11.9 Å². The van der Waals surface area contributed by atoms with Gasteiger partial charge in [0.15, 0.2) is 6.54 Å². The first-order valence-corrected chi connectivity index (χ1v) is 16.9. The van der Waals surface area contributed by atoms with Crippen LogP contribution < -0.4 is 39.2 Å². The number of carbonyl (C=O) groups is 2. The predicted octanol–water partition coefficient (Wildman–Crippen LogP) is 1.17. The highest BCUT2D eigenvalue weighted by Gasteiger charge is 2.23. The number of nitrogens with zero attached hydrogens (tertiary/aromatic N) is 1. The van der Waals surface area contributed by atoms with E-state index in [1.54, 1.807) is 0 Å². The van der Waals surface area contributed by atoms with Crippen molar-refractivity contribution in [2.24, 2.45) is 0 Å². The zero-order valence-corrected chi connectivity index (χ0v) is 31.8. The van der Waals surface area contributed by atoms with E-state index in [4.69, 9.17) is 9.47 Å². The standard InChI is InChI=1S/C38H61N2O4.2ClH/c1-28(2)32-21-20-31(6)35(25-32)43-37(41)26-33(39(7)8)18-16-14-12-11-13-15-17-23-40(9,10)27-38(42)44-36-24-30(5)19-22-34(36)29(3)4;;/h19-22,24-25,28-29,33H,11-18,23,26-27H2,1-10H3;2*1H/q+1;;/p-1. The molecule has 262 valence electrons. The van der Waals surface area contributed by atoms with Crippen molar-refractivity contribution < 1.29 is 53.3 Å². The number of esters is 2. The molecule has 46 heavy (non-hydrogen) atoms. The molecule has 1 N–H and O–H groups in total. The number of nitrogens with one attached hydrogen (secondary N) is 1. The van der Waals surface area contributed by atoms with Gasteiger partial charge in [0, 0.05) is 0 Å². The summed E-state index contributed by atoms with van der Waals surface area (Å²) in [6.45, 7) is 13.9. The summed E-state index contributed by atoms with van der Waals surface area (Å²) in [6, 6.07) is 12.5. The van der Waals surface area contributed by atoms with Gasteiger partial charge in [0.2, 0.25) is 0 Å². The van der Waals surface area contributed by atoms with E-state index in [0.29, 0.717) is 40.8 Å². The fourth-order valence-electron chi connectivity index (χ4n) is 5.65. The summed E-state index contributed by atoms with van der Waals surface area (Å²) < 4.78 is 12.3. The Morgan fingerprint density at radius 3 is 1.91 bits per heavy atom. The van der Waals surface area contributed by atoms with Crippen LogP contribution in [0.15, 0.2) is 36.4 Å². The number of halogens is 2. The smallest absolute Gasteiger partial charge is 0.367 e. The first kappa shape index (κ1) is 43.9. The topological polar surface area (TPSA) is 57.0 Å². The summed E-state index contributed by atoms with van der Waals surface area (Å²) in [6.07, 6.45) is 9.76. The minimum atomic E-state index is -0.163. The van der Waals surface area contributed by atoms with Crippen LogP contribution in [0.5, 0.6) is 11.5 Å². The third-order valence-corrected chi connectivity index (χ3v) is 8.72. The van der Waals surface area contributed by atoms with Gasteiger partial charge in [-0.2, -0.15) is 0 Å². The Balaban J connectivity index is 0.0000101. The normalized spacial score (nSPS) is 12.1. The minimum absolute atomic E-state index is 0. The number of aryl methyl sites for hydroxylation is 2. The lowest BCUT2D eigenvalue weighted by atomic mass is 10.0. The number of likely N-dealkylation sites (N-methyl/N-ethyl adjacent to an activating group) is 1. The summed E-state index contributed by atoms with van der Waals surface area (Å²) in [7, 11) is 8.50. The number of carbonyl (C=O) groups excluding carboxylic acids is 2. The van der Waals surface area contributed by atoms with Crippen molar-refractivity contribution in [2.75, 3.05) is 41.3 Å². The molecule has 0 aliphatic heterocycles. The number of hydrogen-bond acceptors (Lipinski definition) is 4. The Bertz CT molecular complexity index is 1200. The summed E-state index contributed by atoms with van der Waals surface area (Å²) in [5.41, 5.74) is 4.37. The second kappa shape index (κ2) is 21.7. The van der Waals surface area contributed by atoms with Crippen LogP contribution >= 0.6 is 0 Å². The number of hydrogen-bond donors (Lipinski definition) is 1. The Morgan fingerprint density at radius 1 is 0.739 bits per heavy atom. The number of benzene rings is 2. The largest absolute Gasteiger partial charge is 1.00 e. The van der Waals surface area contributed by atoms with E-state index in [1.807, 2.05) is 32.0 Å². The van der Waals surface area contributed by atoms with Crippen molar-refractivity contribution >= 4 is 11.9 Å². The molecule has 0 radical (unpaired) electrons. The van der Waals surface area contributed by atoms with Gasteiger partial charge < -0.3 is 43.7 Å². The van der Waals surface area contributed by atoms with Gasteiger partial charge in [-0.05, 0) is 85.8 Å². The van der Waals surface area contributed by atoms with E-state index in [9.17, 15) is 9.59 Å². The van der Waals surface area contributed by atoms with Crippen LogP contribution in [0.3, 0.4) is 0 Å². The Morgan fingerprint density at radius 2 is 1.33 bits per heavy atom. The number of unbranched alkanes of at least 4 members (excludes halogenated alkanes) is 6. The second-order valence-corrected chi connectivity index (χ2v) is 14.4. The van der Waals surface area contributed by atoms with Gasteiger partial charge in [-0.25, -0.2) is 4.79 Å². The molecule has 2 rings (SSSR count). The number of ether oxygens (including phenoxy) is 2. The van der Waals surface area contributed by atoms with E-state index in [-0.39, 0.29) is 42.8 Å². The lowest BCUT2D eigenvalue weighted by Gasteiger charge is -2.28. The SMILES string of the molecule is Cc1ccc(C(C)C)c(OC(=O)C[N+](C)(C)CCCCCCCCCC(CC(=O)Oc2cc(C(C)C)ccc2C)[NH+](C)C)c1.[Cl-].[Cl-]. The monoisotopic (exact) mass is 680 g/mol. The molecule has 2 aromatic rings. The molecule has 6 nitrogen and oxygen atoms in total. The zero-order valence-electron chi connectivity index (χ0n) is 30.3. The Labute approximate surface area is 293 Å². The summed E-state index contributed by atoms with van der Waals surface area (Å²) in [5.74, 6) is 1.80. The summed E-state index contributed by atoms with van der Waals surface area (Å²) >= 11 is 0. The summed E-state index contributed by atoms with van der Waals surface area (Å²) in [5, 5.41) is 0. The van der Waals surface area contributed by atoms with Crippen molar-refractivity contribution in [3.8, 4) is 11.5 Å². The van der Waals surface area contributed by atoms with Gasteiger partial charge in [-0.15, -0.1) is 0 Å². The Kier molecular flexibility index (Phi) is 20.7. The van der Waals surface area contributed by atoms with Crippen molar-refractivity contribution in [1.82, 2.24) is 0 Å². The van der Waals surface area contributed by atoms with E-state index >= 15 is 0 Å². The van der Waals surface area contributed by atoms with Gasteiger partial charge in [0.25, 0.3) is 0 Å². The third kappa shape index (κ3) is 16.1. The number of rotatable bonds is 19. The minimum Gasteiger partial charge on any atom is -1.00 e. The molecule has 0 saturated heterocycles. The van der Waals surface area contributed by atoms with Gasteiger partial charge in [0.1, 0.15) is 11.5 Å². The highest BCUT2D eigenvalue weighted by Crippen LogP contribution is 2.28. The summed E-state index contributed by atoms with van der Waals surface area (Å²) in [4.78, 5) is 26.9. The molecule has 0 aromatic heterocycles. The van der Waals surface area contributed by atoms with Crippen molar-refractivity contribution in [3.63, 3.8) is 0 Å². The molecule has 0 aliphatic carbocycles. The second-order valence-electron chi connectivity index (χ2n) is 14.4. The molecule has 0 fully saturated rings. The molecule has 0 bridgehead atoms. The quantitative estimate of drug-likeness (QED) is 0.105. The van der Waals surface area contributed by atoms with Crippen LogP contribution in [0.2, 0.25) is 0 Å². The molecule has 0 aliphatic rings. The van der Waals surface area contributed by atoms with Crippen LogP contribution in [0, 0.1) is 13.8 Å². The number of quaternary nitrogens is 2. The van der Waals surface area contributed by atoms with Crippen molar-refractivity contribution in [2.45, 2.75) is 117 Å². The van der Waals surface area contributed by atoms with Crippen LogP contribution in [-0.4, -0.2) is 63.7 Å². The van der Waals surface area contributed by atoms with E-state index in [1.165, 1.54) is 42.6 Å². The average Bonchev–Trinajstić information content (AvgIpc) is 2.91. The Hall–Kier alpha value is -2.12. The molecule has 1 unspecified atom stereocenters. The third-order valence-electron chi connectivity index (χ3n) is 8.72. The zero-order chi connectivity index (χ0) is 32.9. The van der Waals surface area contributed by atoms with Crippen molar-refractivity contribution in [3.05, 3.63) is 58.7 Å². The van der Waals surface area contributed by atoms with Crippen LogP contribution in [0.4, 0.5) is 0 Å². The van der Waals surface area contributed by atoms with E-state index < -0.39 is 0 Å². The fourth-order valence-corrected chi connectivity index (χ4v) is 5.65. The van der Waals surface area contributed by atoms with Crippen LogP contribution in [0.25, 0.3) is 0 Å². The maximum atomic E-state index is 12.8. The van der Waals surface area contributed by atoms with Crippen LogP contribution in [0.1, 0.15) is 120 Å². The van der Waals surface area contributed by atoms with E-state index in [2.05, 4.69) is 74.1 Å². The lowest BCUT2D eigenvalue weighted by molar-refractivity contribution is -0.885. The fraction of sp³-hybridized carbons (Fsp3) is 0.632. The molecular formula is C38H62Cl2N2O4. The van der Waals surface area contributed by atoms with Crippen molar-refractivity contribution in [1.29, 1.82) is 0 Å². The van der Waals surface area contributed by atoms with Gasteiger partial charge in [0.05, 0.1) is 47.2 Å². The molecular weight excluding hydrogens is 619 g/mol. The molecule has 0 amide bonds. The first-order chi connectivity index (χ1) is 20.7. The molecule has 8 heteroatoms. The maximum absolute atomic E-state index is 12.8. The predicted molar refractivity (Wildman–Crippen MR) is 182 cm³/mol. The molecule has 2 aromatic carbocycles. The average molecular weight is 682 g/mol. The molecule has 0 saturated carbocycles. The maximum Gasteiger partial charge on any atom is 0.367 e. The van der Waals surface area contributed by atoms with Gasteiger partial charge in [-0.1, -0.05) is 77.6 Å². The van der Waals surface area contributed by atoms with E-state index in [0.717, 1.165) is 42.5 Å². The van der Waals surface area contributed by atoms with Crippen LogP contribution in [-0.2, 0) is 9.59 Å². The highest BCUT2D eigenvalue weighted by molar-refractivity contribution is 5.74. The van der Waals surface area contributed by atoms with Gasteiger partial charge in [-0.3, -0.25) is 4.79 Å².